The first-order valence-electron chi connectivity index (χ1n) is 11.6. The number of halogens is 3. The van der Waals surface area contributed by atoms with Crippen LogP contribution in [-0.4, -0.2) is 55.3 Å². The summed E-state index contributed by atoms with van der Waals surface area (Å²) in [5, 5.41) is 8.45. The number of carbonyl (C=O) groups excluding carboxylic acids is 1. The third-order valence-electron chi connectivity index (χ3n) is 5.87. The maximum atomic E-state index is 12.9. The number of aromatic nitrogens is 4. The number of amides is 1. The number of ether oxygens (including phenoxy) is 2. The summed E-state index contributed by atoms with van der Waals surface area (Å²) in [7, 11) is 1.64. The van der Waals surface area contributed by atoms with Crippen LogP contribution in [0.3, 0.4) is 0 Å². The normalized spacial score (nSPS) is 18.3. The highest BCUT2D eigenvalue weighted by atomic mass is 19.4. The maximum Gasteiger partial charge on any atom is 0.416 e. The van der Waals surface area contributed by atoms with E-state index in [2.05, 4.69) is 10.3 Å². The van der Waals surface area contributed by atoms with Gasteiger partial charge in [0, 0.05) is 31.4 Å². The zero-order chi connectivity index (χ0) is 27.0. The van der Waals surface area contributed by atoms with E-state index in [1.165, 1.54) is 27.7 Å². The smallest absolute Gasteiger partial charge is 0.416 e. The van der Waals surface area contributed by atoms with Gasteiger partial charge >= 0.3 is 12.3 Å². The third-order valence-corrected chi connectivity index (χ3v) is 5.87. The Kier molecular flexibility index (Phi) is 7.13. The molecule has 0 aliphatic carbocycles. The van der Waals surface area contributed by atoms with E-state index in [4.69, 9.17) is 9.47 Å². The van der Waals surface area contributed by atoms with E-state index in [-0.39, 0.29) is 25.3 Å². The van der Waals surface area contributed by atoms with Gasteiger partial charge in [0.25, 0.3) is 0 Å². The lowest BCUT2D eigenvalue weighted by Crippen LogP contribution is -2.36. The lowest BCUT2D eigenvalue weighted by Gasteiger charge is -2.24. The van der Waals surface area contributed by atoms with Crippen LogP contribution >= 0.6 is 0 Å². The van der Waals surface area contributed by atoms with Gasteiger partial charge in [-0.3, -0.25) is 4.79 Å². The highest BCUT2D eigenvalue weighted by Gasteiger charge is 2.40. The largest absolute Gasteiger partial charge is 0.444 e. The first-order chi connectivity index (χ1) is 17.3. The average Bonchev–Trinajstić information content (AvgIpc) is 3.45. The number of hydrogen-bond donors (Lipinski definition) is 0. The molecule has 37 heavy (non-hydrogen) atoms. The molecule has 2 atom stereocenters. The van der Waals surface area contributed by atoms with Gasteiger partial charge in [0.2, 0.25) is 5.56 Å². The fourth-order valence-electron chi connectivity index (χ4n) is 3.96. The van der Waals surface area contributed by atoms with Crippen molar-refractivity contribution in [1.82, 2.24) is 24.5 Å². The average molecular weight is 520 g/mol. The molecule has 1 aliphatic heterocycles. The van der Waals surface area contributed by atoms with E-state index >= 15 is 0 Å². The second-order valence-corrected chi connectivity index (χ2v) is 9.95. The van der Waals surface area contributed by atoms with Gasteiger partial charge in [-0.1, -0.05) is 17.3 Å². The van der Waals surface area contributed by atoms with Crippen LogP contribution in [0.1, 0.15) is 37.9 Å². The van der Waals surface area contributed by atoms with Crippen molar-refractivity contribution < 1.29 is 27.4 Å². The van der Waals surface area contributed by atoms with E-state index < -0.39 is 35.6 Å². The molecule has 9 nitrogen and oxygen atoms in total. The summed E-state index contributed by atoms with van der Waals surface area (Å²) >= 11 is 0. The molecule has 198 valence electrons. The second-order valence-electron chi connectivity index (χ2n) is 9.95. The molecule has 0 saturated carbocycles. The zero-order valence-electron chi connectivity index (χ0n) is 20.9. The molecule has 4 rings (SSSR count). The number of nitrogens with zero attached hydrogens (tertiary/aromatic N) is 5. The van der Waals surface area contributed by atoms with E-state index in [0.717, 1.165) is 12.1 Å². The van der Waals surface area contributed by atoms with Crippen molar-refractivity contribution in [3.8, 4) is 11.3 Å². The minimum atomic E-state index is -4.42. The first kappa shape index (κ1) is 26.4. The molecular formula is C25H28F3N5O4. The summed E-state index contributed by atoms with van der Waals surface area (Å²) in [6.45, 7) is 5.80. The maximum absolute atomic E-state index is 12.9. The minimum absolute atomic E-state index is 0.0454. The van der Waals surface area contributed by atoms with Gasteiger partial charge in [0.1, 0.15) is 11.3 Å². The SMILES string of the molecule is Cn1cc(-c2cn(C3CN(C(=O)OC(C)(C)C)CC3OCc3ccc(C(F)(F)F)cc3)nn2)ccc1=O. The lowest BCUT2D eigenvalue weighted by atomic mass is 10.1. The summed E-state index contributed by atoms with van der Waals surface area (Å²) in [6, 6.07) is 7.41. The van der Waals surface area contributed by atoms with Crippen LogP contribution in [0.25, 0.3) is 11.3 Å². The molecule has 0 spiro atoms. The molecule has 1 fully saturated rings. The van der Waals surface area contributed by atoms with Crippen LogP contribution in [0.5, 0.6) is 0 Å². The lowest BCUT2D eigenvalue weighted by molar-refractivity contribution is -0.137. The Morgan fingerprint density at radius 1 is 1.05 bits per heavy atom. The van der Waals surface area contributed by atoms with E-state index in [9.17, 15) is 22.8 Å². The van der Waals surface area contributed by atoms with Crippen LogP contribution in [0.15, 0.2) is 53.6 Å². The molecule has 1 amide bonds. The molecule has 3 aromatic rings. The Hall–Kier alpha value is -3.67. The molecule has 1 aliphatic rings. The van der Waals surface area contributed by atoms with Gasteiger partial charge in [-0.05, 0) is 44.5 Å². The number of benzene rings is 1. The molecule has 1 saturated heterocycles. The van der Waals surface area contributed by atoms with Crippen molar-refractivity contribution in [2.45, 2.75) is 51.3 Å². The highest BCUT2D eigenvalue weighted by molar-refractivity contribution is 5.68. The van der Waals surface area contributed by atoms with Crippen LogP contribution < -0.4 is 5.56 Å². The number of pyridine rings is 1. The zero-order valence-corrected chi connectivity index (χ0v) is 20.9. The Balaban J connectivity index is 1.54. The van der Waals surface area contributed by atoms with Gasteiger partial charge in [-0.15, -0.1) is 5.10 Å². The number of alkyl halides is 3. The highest BCUT2D eigenvalue weighted by Crippen LogP contribution is 2.31. The second kappa shape index (κ2) is 10.0. The summed E-state index contributed by atoms with van der Waals surface area (Å²) < 4.78 is 53.3. The molecule has 3 heterocycles. The topological polar surface area (TPSA) is 91.5 Å². The fraction of sp³-hybridized carbons (Fsp3) is 0.440. The number of hydrogen-bond acceptors (Lipinski definition) is 6. The molecule has 2 unspecified atom stereocenters. The fourth-order valence-corrected chi connectivity index (χ4v) is 3.96. The summed E-state index contributed by atoms with van der Waals surface area (Å²) in [5.41, 5.74) is 0.212. The van der Waals surface area contributed by atoms with Gasteiger partial charge in [-0.25, -0.2) is 9.48 Å². The van der Waals surface area contributed by atoms with E-state index in [1.54, 1.807) is 51.0 Å². The molecule has 12 heteroatoms. The van der Waals surface area contributed by atoms with Crippen molar-refractivity contribution in [3.63, 3.8) is 0 Å². The van der Waals surface area contributed by atoms with Crippen LogP contribution in [0.2, 0.25) is 0 Å². The molecule has 1 aromatic carbocycles. The molecular weight excluding hydrogens is 491 g/mol. The van der Waals surface area contributed by atoms with Crippen molar-refractivity contribution in [2.24, 2.45) is 7.05 Å². The summed E-state index contributed by atoms with van der Waals surface area (Å²) in [6.07, 6.45) is -2.09. The quantitative estimate of drug-likeness (QED) is 0.505. The van der Waals surface area contributed by atoms with Crippen molar-refractivity contribution in [1.29, 1.82) is 0 Å². The van der Waals surface area contributed by atoms with Crippen LogP contribution in [-0.2, 0) is 29.3 Å². The number of carbonyl (C=O) groups is 1. The minimum Gasteiger partial charge on any atom is -0.444 e. The Morgan fingerprint density at radius 3 is 2.38 bits per heavy atom. The van der Waals surface area contributed by atoms with Gasteiger partial charge < -0.3 is 18.9 Å². The van der Waals surface area contributed by atoms with Crippen molar-refractivity contribution >= 4 is 6.09 Å². The Morgan fingerprint density at radius 2 is 1.76 bits per heavy atom. The standard InChI is InChI=1S/C25H28F3N5O4/c1-24(2,3)37-23(35)32-13-20(33-12-19(29-30-33)17-7-10-22(34)31(4)11-17)21(14-32)36-15-16-5-8-18(9-6-16)25(26,27)28/h5-12,20-21H,13-15H2,1-4H3. The van der Waals surface area contributed by atoms with Gasteiger partial charge in [0.15, 0.2) is 0 Å². The van der Waals surface area contributed by atoms with Crippen molar-refractivity contribution in [2.75, 3.05) is 13.1 Å². The summed E-state index contributed by atoms with van der Waals surface area (Å²) in [4.78, 5) is 26.0. The molecule has 0 radical (unpaired) electrons. The number of rotatable bonds is 5. The Bertz CT molecular complexity index is 1310. The van der Waals surface area contributed by atoms with Gasteiger partial charge in [0.05, 0.1) is 37.1 Å². The molecule has 0 bridgehead atoms. The predicted octanol–water partition coefficient (Wildman–Crippen LogP) is 4.04. The van der Waals surface area contributed by atoms with Crippen molar-refractivity contribution in [3.05, 3.63) is 70.3 Å². The molecule has 2 aromatic heterocycles. The third kappa shape index (κ3) is 6.37. The van der Waals surface area contributed by atoms with E-state index in [0.29, 0.717) is 16.8 Å². The van der Waals surface area contributed by atoms with E-state index in [1.807, 2.05) is 0 Å². The predicted molar refractivity (Wildman–Crippen MR) is 128 cm³/mol. The van der Waals surface area contributed by atoms with Crippen LogP contribution in [0, 0.1) is 0 Å². The number of likely N-dealkylation sites (tertiary alicyclic amines) is 1. The first-order valence-corrected chi connectivity index (χ1v) is 11.6. The monoisotopic (exact) mass is 519 g/mol. The molecule has 0 N–H and O–H groups in total. The number of aryl methyl sites for hydroxylation is 1. The van der Waals surface area contributed by atoms with Gasteiger partial charge in [-0.2, -0.15) is 13.2 Å². The summed E-state index contributed by atoms with van der Waals surface area (Å²) in [5.74, 6) is 0. The Labute approximate surface area is 211 Å². The van der Waals surface area contributed by atoms with Crippen LogP contribution in [0.4, 0.5) is 18.0 Å².